The highest BCUT2D eigenvalue weighted by atomic mass is 32.1. The maximum Gasteiger partial charge on any atom is 0.341 e. The first-order valence-electron chi connectivity index (χ1n) is 9.96. The van der Waals surface area contributed by atoms with Crippen molar-refractivity contribution in [3.63, 3.8) is 0 Å². The van der Waals surface area contributed by atoms with Crippen molar-refractivity contribution < 1.29 is 19.5 Å². The predicted molar refractivity (Wildman–Crippen MR) is 112 cm³/mol. The Balaban J connectivity index is 1.99. The molecule has 7 nitrogen and oxygen atoms in total. The molecule has 3 rings (SSSR count). The third kappa shape index (κ3) is 4.42. The first-order chi connectivity index (χ1) is 13.7. The second-order valence-corrected chi connectivity index (χ2v) is 9.13. The van der Waals surface area contributed by atoms with E-state index in [1.54, 1.807) is 12.1 Å². The van der Waals surface area contributed by atoms with Crippen molar-refractivity contribution in [1.82, 2.24) is 9.78 Å². The number of amides is 1. The summed E-state index contributed by atoms with van der Waals surface area (Å²) in [5, 5.41) is 14.8. The molecule has 1 aliphatic rings. The molecule has 2 aromatic heterocycles. The van der Waals surface area contributed by atoms with Crippen LogP contribution in [0.25, 0.3) is 5.00 Å². The summed E-state index contributed by atoms with van der Waals surface area (Å²) in [7, 11) is 0. The van der Waals surface area contributed by atoms with Crippen LogP contribution in [-0.4, -0.2) is 38.6 Å². The quantitative estimate of drug-likeness (QED) is 0.703. The molecule has 0 unspecified atom stereocenters. The Labute approximate surface area is 174 Å². The van der Waals surface area contributed by atoms with Crippen molar-refractivity contribution in [2.24, 2.45) is 11.8 Å². The summed E-state index contributed by atoms with van der Waals surface area (Å²) in [6.07, 6.45) is 5.06. The Bertz CT molecular complexity index is 922. The van der Waals surface area contributed by atoms with Crippen LogP contribution in [0.5, 0.6) is 0 Å². The number of aromatic carboxylic acids is 1. The molecular formula is C21H27N3O4S. The molecule has 1 fully saturated rings. The third-order valence-corrected chi connectivity index (χ3v) is 6.61. The van der Waals surface area contributed by atoms with Crippen molar-refractivity contribution in [2.45, 2.75) is 59.4 Å². The summed E-state index contributed by atoms with van der Waals surface area (Å²) in [5.74, 6) is -0.576. The topological polar surface area (TPSA) is 92.5 Å². The van der Waals surface area contributed by atoms with Gasteiger partial charge in [-0.25, -0.2) is 9.48 Å². The fraction of sp³-hybridized carbons (Fsp3) is 0.524. The van der Waals surface area contributed by atoms with E-state index in [2.05, 4.69) is 12.0 Å². The van der Waals surface area contributed by atoms with E-state index < -0.39 is 5.97 Å². The molecule has 2 aromatic rings. The maximum atomic E-state index is 13.3. The van der Waals surface area contributed by atoms with Crippen molar-refractivity contribution in [3.8, 4) is 5.00 Å². The van der Waals surface area contributed by atoms with Crippen LogP contribution in [0.3, 0.4) is 0 Å². The lowest BCUT2D eigenvalue weighted by atomic mass is 9.82. The van der Waals surface area contributed by atoms with E-state index in [4.69, 9.17) is 0 Å². The second kappa shape index (κ2) is 8.49. The largest absolute Gasteiger partial charge is 0.477 e. The minimum Gasteiger partial charge on any atom is -0.477 e. The summed E-state index contributed by atoms with van der Waals surface area (Å²) in [6.45, 7) is 7.42. The molecule has 156 valence electrons. The number of carbonyl (C=O) groups is 3. The van der Waals surface area contributed by atoms with Crippen LogP contribution in [0.2, 0.25) is 0 Å². The van der Waals surface area contributed by atoms with Crippen molar-refractivity contribution >= 4 is 34.8 Å². The number of aromatic nitrogens is 2. The summed E-state index contributed by atoms with van der Waals surface area (Å²) in [4.78, 5) is 38.9. The first-order valence-corrected chi connectivity index (χ1v) is 10.8. The average molecular weight is 418 g/mol. The van der Waals surface area contributed by atoms with E-state index in [1.165, 1.54) is 34.0 Å². The fourth-order valence-corrected chi connectivity index (χ4v) is 4.58. The molecule has 2 heterocycles. The molecular weight excluding hydrogens is 390 g/mol. The minimum atomic E-state index is -1.13. The van der Waals surface area contributed by atoms with E-state index in [0.717, 1.165) is 25.7 Å². The lowest BCUT2D eigenvalue weighted by Crippen LogP contribution is -2.43. The van der Waals surface area contributed by atoms with Crippen LogP contribution in [-0.2, 0) is 4.79 Å². The van der Waals surface area contributed by atoms with Crippen LogP contribution in [0.4, 0.5) is 5.82 Å². The standard InChI is InChI=1S/C21H27N3O4S/c1-12(2)24(20(26)15-7-5-13(3)6-8-15)19-16(21(27)28)11-23(22-19)18-10-9-17(29-18)14(4)25/h9-13,15H,5-8H2,1-4H3,(H,27,28). The number of carboxylic acid groups (broad SMARTS) is 1. The molecule has 0 aliphatic heterocycles. The Morgan fingerprint density at radius 1 is 1.21 bits per heavy atom. The van der Waals surface area contributed by atoms with Gasteiger partial charge in [0, 0.05) is 18.2 Å². The number of carboxylic acids is 1. The summed E-state index contributed by atoms with van der Waals surface area (Å²) < 4.78 is 1.45. The molecule has 1 aliphatic carbocycles. The summed E-state index contributed by atoms with van der Waals surface area (Å²) in [5.41, 5.74) is -0.0194. The molecule has 0 atom stereocenters. The number of nitrogens with zero attached hydrogens (tertiary/aromatic N) is 3. The first kappa shape index (κ1) is 21.2. The number of hydrogen-bond donors (Lipinski definition) is 1. The van der Waals surface area contributed by atoms with Gasteiger partial charge in [-0.05, 0) is 64.5 Å². The van der Waals surface area contributed by atoms with Gasteiger partial charge in [-0.1, -0.05) is 6.92 Å². The normalized spacial score (nSPS) is 19.3. The van der Waals surface area contributed by atoms with Gasteiger partial charge in [-0.2, -0.15) is 0 Å². The van der Waals surface area contributed by atoms with E-state index in [0.29, 0.717) is 15.8 Å². The van der Waals surface area contributed by atoms with Gasteiger partial charge in [0.2, 0.25) is 5.91 Å². The van der Waals surface area contributed by atoms with Crippen LogP contribution in [0.15, 0.2) is 18.3 Å². The van der Waals surface area contributed by atoms with E-state index in [1.807, 2.05) is 13.8 Å². The highest BCUT2D eigenvalue weighted by Gasteiger charge is 2.34. The van der Waals surface area contributed by atoms with Gasteiger partial charge in [0.05, 0.1) is 4.88 Å². The smallest absolute Gasteiger partial charge is 0.341 e. The minimum absolute atomic E-state index is 0.0194. The monoisotopic (exact) mass is 417 g/mol. The van der Waals surface area contributed by atoms with Gasteiger partial charge in [0.15, 0.2) is 11.6 Å². The van der Waals surface area contributed by atoms with Gasteiger partial charge in [0.1, 0.15) is 10.6 Å². The Morgan fingerprint density at radius 2 is 1.86 bits per heavy atom. The number of thiophene rings is 1. The zero-order valence-electron chi connectivity index (χ0n) is 17.2. The number of Topliss-reactive ketones (excluding diaryl/α,β-unsaturated/α-hetero) is 1. The average Bonchev–Trinajstić information content (AvgIpc) is 3.29. The van der Waals surface area contributed by atoms with Gasteiger partial charge in [-0.3, -0.25) is 14.5 Å². The van der Waals surface area contributed by atoms with E-state index in [-0.39, 0.29) is 35.0 Å². The lowest BCUT2D eigenvalue weighted by molar-refractivity contribution is -0.124. The molecule has 1 amide bonds. The highest BCUT2D eigenvalue weighted by Crippen LogP contribution is 2.33. The van der Waals surface area contributed by atoms with E-state index in [9.17, 15) is 19.5 Å². The Kier molecular flexibility index (Phi) is 6.21. The van der Waals surface area contributed by atoms with E-state index >= 15 is 0 Å². The van der Waals surface area contributed by atoms with Gasteiger partial charge >= 0.3 is 5.97 Å². The van der Waals surface area contributed by atoms with Crippen molar-refractivity contribution in [2.75, 3.05) is 4.90 Å². The van der Waals surface area contributed by atoms with Gasteiger partial charge in [-0.15, -0.1) is 16.4 Å². The van der Waals surface area contributed by atoms with Gasteiger partial charge in [0.25, 0.3) is 0 Å². The number of anilines is 1. The fourth-order valence-electron chi connectivity index (χ4n) is 3.75. The molecule has 1 N–H and O–H groups in total. The zero-order chi connectivity index (χ0) is 21.3. The highest BCUT2D eigenvalue weighted by molar-refractivity contribution is 7.16. The summed E-state index contributed by atoms with van der Waals surface area (Å²) in [6, 6.07) is 3.20. The van der Waals surface area contributed by atoms with Gasteiger partial charge < -0.3 is 5.11 Å². The maximum absolute atomic E-state index is 13.3. The molecule has 0 aromatic carbocycles. The number of hydrogen-bond acceptors (Lipinski definition) is 5. The molecule has 0 saturated heterocycles. The lowest BCUT2D eigenvalue weighted by Gasteiger charge is -2.32. The summed E-state index contributed by atoms with van der Waals surface area (Å²) >= 11 is 1.24. The predicted octanol–water partition coefficient (Wildman–Crippen LogP) is 4.40. The molecule has 8 heteroatoms. The molecule has 1 saturated carbocycles. The van der Waals surface area contributed by atoms with Crippen LogP contribution in [0, 0.1) is 11.8 Å². The number of carbonyl (C=O) groups excluding carboxylic acids is 2. The van der Waals surface area contributed by atoms with Crippen LogP contribution in [0.1, 0.15) is 73.4 Å². The van der Waals surface area contributed by atoms with Crippen LogP contribution >= 0.6 is 11.3 Å². The zero-order valence-corrected chi connectivity index (χ0v) is 18.0. The Hall–Kier alpha value is -2.48. The molecule has 0 bridgehead atoms. The van der Waals surface area contributed by atoms with Crippen LogP contribution < -0.4 is 4.90 Å². The van der Waals surface area contributed by atoms with Crippen molar-refractivity contribution in [3.05, 3.63) is 28.8 Å². The second-order valence-electron chi connectivity index (χ2n) is 8.07. The molecule has 0 radical (unpaired) electrons. The molecule has 29 heavy (non-hydrogen) atoms. The Morgan fingerprint density at radius 3 is 2.38 bits per heavy atom. The number of ketones is 1. The molecule has 0 spiro atoms. The van der Waals surface area contributed by atoms with Crippen molar-refractivity contribution in [1.29, 1.82) is 0 Å². The number of rotatable bonds is 6. The third-order valence-electron chi connectivity index (χ3n) is 5.44. The SMILES string of the molecule is CC(=O)c1ccc(-n2cc(C(=O)O)c(N(C(=O)C3CCC(C)CC3)C(C)C)n2)s1.